The van der Waals surface area contributed by atoms with Crippen LogP contribution in [0.3, 0.4) is 0 Å². The van der Waals surface area contributed by atoms with E-state index < -0.39 is 5.97 Å². The van der Waals surface area contributed by atoms with Gasteiger partial charge in [0, 0.05) is 5.69 Å². The number of hydrogen-bond acceptors (Lipinski definition) is 4. The number of esters is 1. The molecule has 0 unspecified atom stereocenters. The van der Waals surface area contributed by atoms with E-state index in [1.807, 2.05) is 24.3 Å². The Bertz CT molecular complexity index is 728. The summed E-state index contributed by atoms with van der Waals surface area (Å²) in [6.45, 7) is 6.02. The summed E-state index contributed by atoms with van der Waals surface area (Å²) >= 11 is 0. The first kappa shape index (κ1) is 18.5. The van der Waals surface area contributed by atoms with Crippen molar-refractivity contribution in [2.24, 2.45) is 0 Å². The van der Waals surface area contributed by atoms with Gasteiger partial charge in [0.1, 0.15) is 5.75 Å². The first-order valence-corrected chi connectivity index (χ1v) is 8.08. The SMILES string of the molecule is CC(C)(C)c1ccc(NC(=O)COC(=O)Cc2ccc(O)cc2)cc1. The molecule has 0 saturated heterocycles. The summed E-state index contributed by atoms with van der Waals surface area (Å²) in [5, 5.41) is 11.9. The minimum atomic E-state index is -0.496. The van der Waals surface area contributed by atoms with Crippen LogP contribution in [0.1, 0.15) is 31.9 Å². The highest BCUT2D eigenvalue weighted by Crippen LogP contribution is 2.23. The van der Waals surface area contributed by atoms with Gasteiger partial charge in [0.2, 0.25) is 0 Å². The molecule has 5 heteroatoms. The molecule has 0 spiro atoms. The van der Waals surface area contributed by atoms with Crippen LogP contribution in [0.5, 0.6) is 5.75 Å². The number of phenols is 1. The minimum absolute atomic E-state index is 0.0479. The van der Waals surface area contributed by atoms with Gasteiger partial charge in [-0.25, -0.2) is 0 Å². The maximum absolute atomic E-state index is 11.9. The molecular weight excluding hydrogens is 318 g/mol. The average Bonchev–Trinajstić information content (AvgIpc) is 2.55. The van der Waals surface area contributed by atoms with Crippen molar-refractivity contribution in [3.63, 3.8) is 0 Å². The zero-order chi connectivity index (χ0) is 18.4. The molecule has 2 aromatic carbocycles. The number of phenolic OH excluding ortho intramolecular Hbond substituents is 1. The van der Waals surface area contributed by atoms with Crippen LogP contribution in [0.25, 0.3) is 0 Å². The van der Waals surface area contributed by atoms with E-state index in [9.17, 15) is 14.7 Å². The molecule has 0 atom stereocenters. The number of rotatable bonds is 5. The molecule has 2 N–H and O–H groups in total. The fourth-order valence-corrected chi connectivity index (χ4v) is 2.23. The van der Waals surface area contributed by atoms with Crippen LogP contribution >= 0.6 is 0 Å². The topological polar surface area (TPSA) is 75.6 Å². The summed E-state index contributed by atoms with van der Waals surface area (Å²) < 4.78 is 4.97. The predicted molar refractivity (Wildman–Crippen MR) is 96.5 cm³/mol. The molecule has 2 aromatic rings. The van der Waals surface area contributed by atoms with Gasteiger partial charge in [-0.3, -0.25) is 9.59 Å². The van der Waals surface area contributed by atoms with E-state index in [2.05, 4.69) is 26.1 Å². The first-order chi connectivity index (χ1) is 11.7. The smallest absolute Gasteiger partial charge is 0.310 e. The fourth-order valence-electron chi connectivity index (χ4n) is 2.23. The van der Waals surface area contributed by atoms with Crippen molar-refractivity contribution < 1.29 is 19.4 Å². The highest BCUT2D eigenvalue weighted by molar-refractivity contribution is 5.92. The molecule has 0 aliphatic rings. The largest absolute Gasteiger partial charge is 0.508 e. The van der Waals surface area contributed by atoms with E-state index in [0.29, 0.717) is 11.3 Å². The standard InChI is InChI=1S/C20H23NO4/c1-20(2,3)15-6-8-16(9-7-15)21-18(23)13-25-19(24)12-14-4-10-17(22)11-5-14/h4-11,22H,12-13H2,1-3H3,(H,21,23). The summed E-state index contributed by atoms with van der Waals surface area (Å²) in [6, 6.07) is 13.8. The summed E-state index contributed by atoms with van der Waals surface area (Å²) in [5.41, 5.74) is 2.59. The van der Waals surface area contributed by atoms with E-state index >= 15 is 0 Å². The quantitative estimate of drug-likeness (QED) is 0.817. The van der Waals surface area contributed by atoms with E-state index in [-0.39, 0.29) is 30.1 Å². The van der Waals surface area contributed by atoms with Crippen LogP contribution in [-0.4, -0.2) is 23.6 Å². The number of anilines is 1. The lowest BCUT2D eigenvalue weighted by atomic mass is 9.87. The molecule has 0 heterocycles. The fraction of sp³-hybridized carbons (Fsp3) is 0.300. The number of aromatic hydroxyl groups is 1. The lowest BCUT2D eigenvalue weighted by Crippen LogP contribution is -2.21. The van der Waals surface area contributed by atoms with E-state index in [1.54, 1.807) is 12.1 Å². The van der Waals surface area contributed by atoms with Gasteiger partial charge in [0.05, 0.1) is 6.42 Å². The number of amides is 1. The molecule has 0 aliphatic heterocycles. The van der Waals surface area contributed by atoms with Crippen LogP contribution in [0, 0.1) is 0 Å². The van der Waals surface area contributed by atoms with Gasteiger partial charge in [-0.05, 0) is 40.8 Å². The Morgan fingerprint density at radius 1 is 1.00 bits per heavy atom. The molecular formula is C20H23NO4. The van der Waals surface area contributed by atoms with Crippen molar-refractivity contribution in [3.8, 4) is 5.75 Å². The van der Waals surface area contributed by atoms with Crippen molar-refractivity contribution in [1.82, 2.24) is 0 Å². The number of ether oxygens (including phenoxy) is 1. The van der Waals surface area contributed by atoms with E-state index in [4.69, 9.17) is 4.74 Å². The van der Waals surface area contributed by atoms with Gasteiger partial charge in [-0.2, -0.15) is 0 Å². The molecule has 0 saturated carbocycles. The van der Waals surface area contributed by atoms with E-state index in [1.165, 1.54) is 17.7 Å². The minimum Gasteiger partial charge on any atom is -0.508 e. The Morgan fingerprint density at radius 2 is 1.60 bits per heavy atom. The Hall–Kier alpha value is -2.82. The number of benzene rings is 2. The van der Waals surface area contributed by atoms with Crippen LogP contribution in [0.2, 0.25) is 0 Å². The van der Waals surface area contributed by atoms with E-state index in [0.717, 1.165) is 0 Å². The maximum atomic E-state index is 11.9. The van der Waals surface area contributed by atoms with Gasteiger partial charge in [0.15, 0.2) is 6.61 Å². The Balaban J connectivity index is 1.80. The number of hydrogen-bond donors (Lipinski definition) is 2. The second kappa shape index (κ2) is 7.83. The third-order valence-corrected chi connectivity index (χ3v) is 3.68. The van der Waals surface area contributed by atoms with Crippen molar-refractivity contribution >= 4 is 17.6 Å². The zero-order valence-corrected chi connectivity index (χ0v) is 14.7. The molecule has 5 nitrogen and oxygen atoms in total. The van der Waals surface area contributed by atoms with Crippen molar-refractivity contribution in [1.29, 1.82) is 0 Å². The lowest BCUT2D eigenvalue weighted by Gasteiger charge is -2.19. The Morgan fingerprint density at radius 3 is 2.16 bits per heavy atom. The zero-order valence-electron chi connectivity index (χ0n) is 14.7. The number of nitrogens with one attached hydrogen (secondary N) is 1. The van der Waals surface area contributed by atoms with Gasteiger partial charge >= 0.3 is 5.97 Å². The molecule has 1 amide bonds. The van der Waals surface area contributed by atoms with Gasteiger partial charge in [-0.1, -0.05) is 45.0 Å². The van der Waals surface area contributed by atoms with Gasteiger partial charge < -0.3 is 15.2 Å². The lowest BCUT2D eigenvalue weighted by molar-refractivity contribution is -0.146. The molecule has 0 radical (unpaired) electrons. The average molecular weight is 341 g/mol. The summed E-state index contributed by atoms with van der Waals surface area (Å²) in [6.07, 6.45) is 0.0494. The van der Waals surface area contributed by atoms with Gasteiger partial charge in [-0.15, -0.1) is 0 Å². The Labute approximate surface area is 147 Å². The summed E-state index contributed by atoms with van der Waals surface area (Å²) in [4.78, 5) is 23.6. The molecule has 0 fully saturated rings. The monoisotopic (exact) mass is 341 g/mol. The van der Waals surface area contributed by atoms with Crippen LogP contribution < -0.4 is 5.32 Å². The highest BCUT2D eigenvalue weighted by Gasteiger charge is 2.13. The predicted octanol–water partition coefficient (Wildman–Crippen LogP) is 3.41. The van der Waals surface area contributed by atoms with Crippen LogP contribution in [-0.2, 0) is 26.2 Å². The second-order valence-corrected chi connectivity index (χ2v) is 6.88. The third-order valence-electron chi connectivity index (χ3n) is 3.68. The van der Waals surface area contributed by atoms with Gasteiger partial charge in [0.25, 0.3) is 5.91 Å². The molecule has 25 heavy (non-hydrogen) atoms. The van der Waals surface area contributed by atoms with Crippen LogP contribution in [0.4, 0.5) is 5.69 Å². The molecule has 132 valence electrons. The number of carbonyl (C=O) groups excluding carboxylic acids is 2. The van der Waals surface area contributed by atoms with Crippen molar-refractivity contribution in [2.75, 3.05) is 11.9 Å². The first-order valence-electron chi connectivity index (χ1n) is 8.08. The maximum Gasteiger partial charge on any atom is 0.310 e. The molecule has 0 aromatic heterocycles. The molecule has 2 rings (SSSR count). The summed E-state index contributed by atoms with van der Waals surface area (Å²) in [5.74, 6) is -0.750. The molecule has 0 bridgehead atoms. The van der Waals surface area contributed by atoms with Crippen molar-refractivity contribution in [2.45, 2.75) is 32.6 Å². The third kappa shape index (κ3) is 5.95. The Kier molecular flexibility index (Phi) is 5.80. The van der Waals surface area contributed by atoms with Crippen molar-refractivity contribution in [3.05, 3.63) is 59.7 Å². The normalized spacial score (nSPS) is 11.0. The highest BCUT2D eigenvalue weighted by atomic mass is 16.5. The summed E-state index contributed by atoms with van der Waals surface area (Å²) in [7, 11) is 0. The van der Waals surface area contributed by atoms with Crippen LogP contribution in [0.15, 0.2) is 48.5 Å². The second-order valence-electron chi connectivity index (χ2n) is 6.88. The molecule has 0 aliphatic carbocycles. The number of carbonyl (C=O) groups is 2.